The molecule has 1 aliphatic rings. The Hall–Kier alpha value is -4.99. The molecular weight excluding hydrogens is 478 g/mol. The van der Waals surface area contributed by atoms with Crippen molar-refractivity contribution in [1.82, 2.24) is 5.32 Å². The first-order valence-electron chi connectivity index (χ1n) is 11.3. The highest BCUT2D eigenvalue weighted by Gasteiger charge is 2.37. The number of benzene rings is 3. The Morgan fingerprint density at radius 2 is 1.76 bits per heavy atom. The molecule has 10 nitrogen and oxygen atoms in total. The van der Waals surface area contributed by atoms with Crippen LogP contribution in [-0.2, 0) is 22.6 Å². The Balaban J connectivity index is 1.66. The fourth-order valence-corrected chi connectivity index (χ4v) is 3.73. The second-order valence-electron chi connectivity index (χ2n) is 8.10. The number of carbonyl (C=O) groups excluding carboxylic acids is 3. The molecule has 4 amide bonds. The molecule has 37 heavy (non-hydrogen) atoms. The summed E-state index contributed by atoms with van der Waals surface area (Å²) in [7, 11) is 1.48. The first-order valence-corrected chi connectivity index (χ1v) is 11.3. The molecule has 1 fully saturated rings. The topological polar surface area (TPSA) is 128 Å². The SMILES string of the molecule is CCc1ccc(N2C(=O)NC(=O)/C(=C\c3ccc(OC)cc3OCc3cccc([N+](=O)[O-])c3)C2=O)cc1. The molecule has 0 bridgehead atoms. The largest absolute Gasteiger partial charge is 0.497 e. The lowest BCUT2D eigenvalue weighted by atomic mass is 10.1. The number of anilines is 1. The smallest absolute Gasteiger partial charge is 0.335 e. The number of nitrogens with zero attached hydrogens (tertiary/aromatic N) is 2. The van der Waals surface area contributed by atoms with Gasteiger partial charge in [-0.3, -0.25) is 25.0 Å². The average Bonchev–Trinajstić information content (AvgIpc) is 2.90. The molecule has 0 radical (unpaired) electrons. The molecule has 0 spiro atoms. The summed E-state index contributed by atoms with van der Waals surface area (Å²) in [5.74, 6) is -0.881. The van der Waals surface area contributed by atoms with E-state index in [9.17, 15) is 24.5 Å². The Morgan fingerprint density at radius 1 is 1.00 bits per heavy atom. The van der Waals surface area contributed by atoms with Crippen molar-refractivity contribution in [3.8, 4) is 11.5 Å². The number of nitro benzene ring substituents is 1. The van der Waals surface area contributed by atoms with E-state index in [4.69, 9.17) is 9.47 Å². The van der Waals surface area contributed by atoms with Crippen molar-refractivity contribution in [3.63, 3.8) is 0 Å². The third-order valence-electron chi connectivity index (χ3n) is 5.74. The molecule has 0 aromatic heterocycles. The Bertz CT molecular complexity index is 1410. The number of aryl methyl sites for hydroxylation is 1. The van der Waals surface area contributed by atoms with Crippen LogP contribution in [-0.4, -0.2) is 29.9 Å². The molecular formula is C27H23N3O7. The van der Waals surface area contributed by atoms with E-state index >= 15 is 0 Å². The molecule has 10 heteroatoms. The number of imide groups is 2. The summed E-state index contributed by atoms with van der Waals surface area (Å²) in [6.45, 7) is 1.97. The number of hydrogen-bond acceptors (Lipinski definition) is 7. The summed E-state index contributed by atoms with van der Waals surface area (Å²) in [5.41, 5.74) is 1.95. The highest BCUT2D eigenvalue weighted by atomic mass is 16.6. The van der Waals surface area contributed by atoms with Crippen molar-refractivity contribution < 1.29 is 28.8 Å². The average molecular weight is 501 g/mol. The first-order chi connectivity index (χ1) is 17.8. The molecule has 1 heterocycles. The van der Waals surface area contributed by atoms with Gasteiger partial charge < -0.3 is 9.47 Å². The predicted molar refractivity (Wildman–Crippen MR) is 135 cm³/mol. The lowest BCUT2D eigenvalue weighted by Crippen LogP contribution is -2.54. The van der Waals surface area contributed by atoms with E-state index in [-0.39, 0.29) is 23.6 Å². The Morgan fingerprint density at radius 3 is 2.43 bits per heavy atom. The van der Waals surface area contributed by atoms with Crippen LogP contribution in [0.4, 0.5) is 16.2 Å². The summed E-state index contributed by atoms with van der Waals surface area (Å²) in [4.78, 5) is 49.9. The van der Waals surface area contributed by atoms with Gasteiger partial charge >= 0.3 is 6.03 Å². The number of amides is 4. The van der Waals surface area contributed by atoms with Gasteiger partial charge in [0.15, 0.2) is 0 Å². The number of methoxy groups -OCH3 is 1. The fourth-order valence-electron chi connectivity index (χ4n) is 3.73. The summed E-state index contributed by atoms with van der Waals surface area (Å²) >= 11 is 0. The molecule has 3 aromatic carbocycles. The van der Waals surface area contributed by atoms with Crippen LogP contribution < -0.4 is 19.7 Å². The van der Waals surface area contributed by atoms with Crippen LogP contribution in [0.3, 0.4) is 0 Å². The standard InChI is InChI=1S/C27H23N3O7/c1-3-17-7-10-20(11-8-17)29-26(32)23(25(31)28-27(29)33)14-19-9-12-22(36-2)15-24(19)37-16-18-5-4-6-21(13-18)30(34)35/h4-15H,3,16H2,1-2H3,(H,28,31,33)/b23-14+. The van der Waals surface area contributed by atoms with Crippen LogP contribution in [0.1, 0.15) is 23.6 Å². The lowest BCUT2D eigenvalue weighted by molar-refractivity contribution is -0.384. The van der Waals surface area contributed by atoms with E-state index < -0.39 is 22.8 Å². The van der Waals surface area contributed by atoms with E-state index in [1.807, 2.05) is 6.92 Å². The fraction of sp³-hybridized carbons (Fsp3) is 0.148. The van der Waals surface area contributed by atoms with Gasteiger partial charge in [0, 0.05) is 23.8 Å². The van der Waals surface area contributed by atoms with E-state index in [0.717, 1.165) is 16.9 Å². The molecule has 0 atom stereocenters. The first kappa shape index (κ1) is 25.1. The highest BCUT2D eigenvalue weighted by molar-refractivity contribution is 6.39. The number of nitrogens with one attached hydrogen (secondary N) is 1. The number of hydrogen-bond donors (Lipinski definition) is 1. The van der Waals surface area contributed by atoms with E-state index in [0.29, 0.717) is 22.6 Å². The van der Waals surface area contributed by atoms with Crippen molar-refractivity contribution in [1.29, 1.82) is 0 Å². The van der Waals surface area contributed by atoms with Crippen LogP contribution in [0.15, 0.2) is 72.3 Å². The molecule has 0 unspecified atom stereocenters. The minimum absolute atomic E-state index is 0.0143. The van der Waals surface area contributed by atoms with Gasteiger partial charge in [-0.05, 0) is 47.9 Å². The maximum Gasteiger partial charge on any atom is 0.335 e. The zero-order valence-corrected chi connectivity index (χ0v) is 20.1. The summed E-state index contributed by atoms with van der Waals surface area (Å²) < 4.78 is 11.2. The molecule has 0 saturated carbocycles. The van der Waals surface area contributed by atoms with Crippen molar-refractivity contribution in [2.45, 2.75) is 20.0 Å². The Kier molecular flexibility index (Phi) is 7.28. The summed E-state index contributed by atoms with van der Waals surface area (Å²) in [6, 6.07) is 16.9. The lowest BCUT2D eigenvalue weighted by Gasteiger charge is -2.26. The van der Waals surface area contributed by atoms with Crippen molar-refractivity contribution in [2.75, 3.05) is 12.0 Å². The van der Waals surface area contributed by atoms with E-state index in [2.05, 4.69) is 5.32 Å². The molecule has 1 N–H and O–H groups in total. The van der Waals surface area contributed by atoms with Crippen LogP contribution in [0, 0.1) is 10.1 Å². The van der Waals surface area contributed by atoms with Gasteiger partial charge in [0.05, 0.1) is 17.7 Å². The number of barbiturate groups is 1. The second kappa shape index (κ2) is 10.7. The molecule has 3 aromatic rings. The number of non-ortho nitro benzene ring substituents is 1. The van der Waals surface area contributed by atoms with Crippen LogP contribution in [0.2, 0.25) is 0 Å². The van der Waals surface area contributed by atoms with Gasteiger partial charge in [-0.25, -0.2) is 9.69 Å². The molecule has 0 aliphatic carbocycles. The maximum atomic E-state index is 13.3. The zero-order chi connectivity index (χ0) is 26.5. The molecule has 1 aliphatic heterocycles. The van der Waals surface area contributed by atoms with Gasteiger partial charge in [0.1, 0.15) is 23.7 Å². The quantitative estimate of drug-likeness (QED) is 0.210. The van der Waals surface area contributed by atoms with Gasteiger partial charge in [-0.2, -0.15) is 0 Å². The number of nitro groups is 1. The third-order valence-corrected chi connectivity index (χ3v) is 5.74. The minimum atomic E-state index is -0.840. The van der Waals surface area contributed by atoms with Crippen molar-refractivity contribution in [3.05, 3.63) is 99.1 Å². The minimum Gasteiger partial charge on any atom is -0.497 e. The van der Waals surface area contributed by atoms with Gasteiger partial charge in [0.2, 0.25) is 0 Å². The molecule has 4 rings (SSSR count). The Labute approximate surface area is 212 Å². The van der Waals surface area contributed by atoms with E-state index in [1.54, 1.807) is 54.6 Å². The van der Waals surface area contributed by atoms with Crippen molar-refractivity contribution >= 4 is 35.3 Å². The third kappa shape index (κ3) is 5.48. The van der Waals surface area contributed by atoms with Gasteiger partial charge in [-0.1, -0.05) is 31.2 Å². The van der Waals surface area contributed by atoms with Crippen molar-refractivity contribution in [2.24, 2.45) is 0 Å². The normalized spacial score (nSPS) is 14.5. The molecule has 188 valence electrons. The predicted octanol–water partition coefficient (Wildman–Crippen LogP) is 4.41. The van der Waals surface area contributed by atoms with E-state index in [1.165, 1.54) is 25.3 Å². The highest BCUT2D eigenvalue weighted by Crippen LogP contribution is 2.30. The maximum absolute atomic E-state index is 13.3. The monoisotopic (exact) mass is 501 g/mol. The zero-order valence-electron chi connectivity index (χ0n) is 20.1. The van der Waals surface area contributed by atoms with Crippen LogP contribution in [0.25, 0.3) is 6.08 Å². The van der Waals surface area contributed by atoms with Gasteiger partial charge in [-0.15, -0.1) is 0 Å². The number of urea groups is 1. The van der Waals surface area contributed by atoms with Crippen LogP contribution in [0.5, 0.6) is 11.5 Å². The molecule has 1 saturated heterocycles. The number of ether oxygens (including phenoxy) is 2. The van der Waals surface area contributed by atoms with Crippen LogP contribution >= 0.6 is 0 Å². The summed E-state index contributed by atoms with van der Waals surface area (Å²) in [5, 5.41) is 13.3. The number of carbonyl (C=O) groups is 3. The summed E-state index contributed by atoms with van der Waals surface area (Å²) in [6.07, 6.45) is 2.13. The number of rotatable bonds is 8. The second-order valence-corrected chi connectivity index (χ2v) is 8.10. The van der Waals surface area contributed by atoms with Gasteiger partial charge in [0.25, 0.3) is 17.5 Å².